The molecule has 1 aliphatic heterocycles. The first-order valence-electron chi connectivity index (χ1n) is 7.21. The molecule has 1 aromatic rings. The summed E-state index contributed by atoms with van der Waals surface area (Å²) < 4.78 is 16.6. The van der Waals surface area contributed by atoms with Crippen molar-refractivity contribution in [1.29, 1.82) is 0 Å². The number of hydrogen-bond donors (Lipinski definition) is 1. The van der Waals surface area contributed by atoms with E-state index in [1.54, 1.807) is 0 Å². The maximum atomic E-state index is 5.88. The van der Waals surface area contributed by atoms with Crippen LogP contribution >= 0.6 is 0 Å². The van der Waals surface area contributed by atoms with Gasteiger partial charge in [0.2, 0.25) is 6.79 Å². The highest BCUT2D eigenvalue weighted by molar-refractivity contribution is 5.52. The van der Waals surface area contributed by atoms with E-state index in [9.17, 15) is 0 Å². The second-order valence-electron chi connectivity index (χ2n) is 4.84. The summed E-state index contributed by atoms with van der Waals surface area (Å²) in [6, 6.07) is 3.89. The largest absolute Gasteiger partial charge is 0.493 e. The van der Waals surface area contributed by atoms with Crippen LogP contribution in [0.3, 0.4) is 0 Å². The Hall–Kier alpha value is -1.68. The number of benzene rings is 1. The van der Waals surface area contributed by atoms with Crippen LogP contribution in [0, 0.1) is 0 Å². The zero-order valence-electron chi connectivity index (χ0n) is 11.9. The van der Waals surface area contributed by atoms with Gasteiger partial charge < -0.3 is 19.9 Å². The number of hydrogen-bond acceptors (Lipinski definition) is 4. The van der Waals surface area contributed by atoms with Crippen molar-refractivity contribution in [3.63, 3.8) is 0 Å². The number of rotatable bonds is 9. The van der Waals surface area contributed by atoms with Crippen LogP contribution in [0.1, 0.15) is 31.2 Å². The summed E-state index contributed by atoms with van der Waals surface area (Å²) in [7, 11) is 0. The summed E-state index contributed by atoms with van der Waals surface area (Å²) in [6.07, 6.45) is 7.18. The first-order chi connectivity index (χ1) is 9.85. The fourth-order valence-corrected chi connectivity index (χ4v) is 2.20. The predicted octanol–water partition coefficient (Wildman–Crippen LogP) is 3.04. The standard InChI is InChI=1S/C16H23NO3/c1-2-3-4-5-6-9-18-14-11-16-15(19-12-20-16)10-13(14)7-8-17/h2,10-11H,1,3-9,12,17H2. The van der Waals surface area contributed by atoms with E-state index in [0.29, 0.717) is 13.2 Å². The SMILES string of the molecule is C=CCCCCCOc1cc2c(cc1CCN)OCO2. The molecule has 4 heteroatoms. The molecule has 110 valence electrons. The van der Waals surface area contributed by atoms with Crippen molar-refractivity contribution in [1.82, 2.24) is 0 Å². The van der Waals surface area contributed by atoms with E-state index in [0.717, 1.165) is 48.5 Å². The lowest BCUT2D eigenvalue weighted by molar-refractivity contribution is 0.173. The van der Waals surface area contributed by atoms with Crippen LogP contribution < -0.4 is 19.9 Å². The van der Waals surface area contributed by atoms with Gasteiger partial charge >= 0.3 is 0 Å². The lowest BCUT2D eigenvalue weighted by atomic mass is 10.1. The summed E-state index contributed by atoms with van der Waals surface area (Å²) in [6.45, 7) is 5.31. The average Bonchev–Trinajstić information content (AvgIpc) is 2.90. The number of fused-ring (bicyclic) bond motifs is 1. The van der Waals surface area contributed by atoms with E-state index in [1.165, 1.54) is 6.42 Å². The van der Waals surface area contributed by atoms with Crippen LogP contribution in [0.25, 0.3) is 0 Å². The van der Waals surface area contributed by atoms with Gasteiger partial charge in [-0.25, -0.2) is 0 Å². The molecule has 0 fully saturated rings. The Morgan fingerprint density at radius 2 is 2.00 bits per heavy atom. The van der Waals surface area contributed by atoms with E-state index < -0.39 is 0 Å². The summed E-state index contributed by atoms with van der Waals surface area (Å²) in [5, 5.41) is 0. The molecule has 0 aliphatic carbocycles. The highest BCUT2D eigenvalue weighted by atomic mass is 16.7. The van der Waals surface area contributed by atoms with Gasteiger partial charge in [-0.15, -0.1) is 6.58 Å². The highest BCUT2D eigenvalue weighted by Gasteiger charge is 2.17. The Labute approximate surface area is 120 Å². The average molecular weight is 277 g/mol. The lowest BCUT2D eigenvalue weighted by Crippen LogP contribution is -2.06. The van der Waals surface area contributed by atoms with Crippen LogP contribution in [-0.4, -0.2) is 19.9 Å². The maximum absolute atomic E-state index is 5.88. The Morgan fingerprint density at radius 1 is 1.20 bits per heavy atom. The molecular weight excluding hydrogens is 254 g/mol. The Kier molecular flexibility index (Phi) is 5.74. The van der Waals surface area contributed by atoms with E-state index >= 15 is 0 Å². The Bertz CT molecular complexity index is 446. The topological polar surface area (TPSA) is 53.7 Å². The monoisotopic (exact) mass is 277 g/mol. The normalized spacial score (nSPS) is 12.4. The molecule has 0 spiro atoms. The van der Waals surface area contributed by atoms with Gasteiger partial charge in [0.15, 0.2) is 11.5 Å². The van der Waals surface area contributed by atoms with E-state index in [2.05, 4.69) is 6.58 Å². The molecule has 0 aromatic heterocycles. The number of nitrogens with two attached hydrogens (primary N) is 1. The Morgan fingerprint density at radius 3 is 2.75 bits per heavy atom. The fraction of sp³-hybridized carbons (Fsp3) is 0.500. The first kappa shape index (κ1) is 14.7. The van der Waals surface area contributed by atoms with Crippen molar-refractivity contribution >= 4 is 0 Å². The molecule has 0 atom stereocenters. The second kappa shape index (κ2) is 7.80. The predicted molar refractivity (Wildman–Crippen MR) is 79.5 cm³/mol. The summed E-state index contributed by atoms with van der Waals surface area (Å²) in [4.78, 5) is 0. The quantitative estimate of drug-likeness (QED) is 0.557. The molecule has 2 rings (SSSR count). The van der Waals surface area contributed by atoms with Gasteiger partial charge in [0.25, 0.3) is 0 Å². The summed E-state index contributed by atoms with van der Waals surface area (Å²) >= 11 is 0. The fourth-order valence-electron chi connectivity index (χ4n) is 2.20. The summed E-state index contributed by atoms with van der Waals surface area (Å²) in [5.74, 6) is 2.41. The minimum absolute atomic E-state index is 0.280. The van der Waals surface area contributed by atoms with Crippen molar-refractivity contribution in [2.45, 2.75) is 32.1 Å². The minimum Gasteiger partial charge on any atom is -0.493 e. The molecule has 1 aliphatic rings. The van der Waals surface area contributed by atoms with E-state index in [4.69, 9.17) is 19.9 Å². The zero-order chi connectivity index (χ0) is 14.2. The molecule has 0 radical (unpaired) electrons. The van der Waals surface area contributed by atoms with Gasteiger partial charge in [-0.1, -0.05) is 6.08 Å². The van der Waals surface area contributed by atoms with Crippen molar-refractivity contribution in [2.24, 2.45) is 5.73 Å². The molecular formula is C16H23NO3. The van der Waals surface area contributed by atoms with Crippen molar-refractivity contribution in [3.8, 4) is 17.2 Å². The molecule has 20 heavy (non-hydrogen) atoms. The molecule has 2 N–H and O–H groups in total. The molecule has 1 aromatic carbocycles. The van der Waals surface area contributed by atoms with Gasteiger partial charge in [0.05, 0.1) is 6.61 Å². The molecule has 0 amide bonds. The smallest absolute Gasteiger partial charge is 0.231 e. The summed E-state index contributed by atoms with van der Waals surface area (Å²) in [5.41, 5.74) is 6.73. The van der Waals surface area contributed by atoms with Gasteiger partial charge in [-0.2, -0.15) is 0 Å². The molecule has 1 heterocycles. The van der Waals surface area contributed by atoms with Crippen LogP contribution in [0.2, 0.25) is 0 Å². The van der Waals surface area contributed by atoms with Crippen molar-refractivity contribution in [3.05, 3.63) is 30.4 Å². The maximum Gasteiger partial charge on any atom is 0.231 e. The van der Waals surface area contributed by atoms with Gasteiger partial charge in [-0.05, 0) is 50.3 Å². The zero-order valence-corrected chi connectivity index (χ0v) is 11.9. The minimum atomic E-state index is 0.280. The lowest BCUT2D eigenvalue weighted by Gasteiger charge is -2.12. The highest BCUT2D eigenvalue weighted by Crippen LogP contribution is 2.38. The number of ether oxygens (including phenoxy) is 3. The third-order valence-corrected chi connectivity index (χ3v) is 3.28. The van der Waals surface area contributed by atoms with E-state index in [1.807, 2.05) is 18.2 Å². The molecule has 0 saturated heterocycles. The van der Waals surface area contributed by atoms with Crippen LogP contribution in [0.15, 0.2) is 24.8 Å². The molecule has 0 bridgehead atoms. The Balaban J connectivity index is 1.90. The molecule has 0 saturated carbocycles. The van der Waals surface area contributed by atoms with Gasteiger partial charge in [0.1, 0.15) is 5.75 Å². The van der Waals surface area contributed by atoms with E-state index in [-0.39, 0.29) is 6.79 Å². The third kappa shape index (κ3) is 3.90. The van der Waals surface area contributed by atoms with Crippen LogP contribution in [0.4, 0.5) is 0 Å². The third-order valence-electron chi connectivity index (χ3n) is 3.28. The van der Waals surface area contributed by atoms with Crippen LogP contribution in [0.5, 0.6) is 17.2 Å². The number of allylic oxidation sites excluding steroid dienone is 1. The van der Waals surface area contributed by atoms with Crippen LogP contribution in [-0.2, 0) is 6.42 Å². The molecule has 0 unspecified atom stereocenters. The van der Waals surface area contributed by atoms with Crippen molar-refractivity contribution in [2.75, 3.05) is 19.9 Å². The second-order valence-corrected chi connectivity index (χ2v) is 4.84. The number of unbranched alkanes of at least 4 members (excludes halogenated alkanes) is 3. The molecule has 4 nitrogen and oxygen atoms in total. The van der Waals surface area contributed by atoms with Gasteiger partial charge in [0, 0.05) is 6.07 Å². The first-order valence-corrected chi connectivity index (χ1v) is 7.21. The van der Waals surface area contributed by atoms with Crippen molar-refractivity contribution < 1.29 is 14.2 Å². The van der Waals surface area contributed by atoms with Gasteiger partial charge in [-0.3, -0.25) is 0 Å².